The molecule has 0 aliphatic heterocycles. The van der Waals surface area contributed by atoms with Crippen LogP contribution in [-0.2, 0) is 4.79 Å². The summed E-state index contributed by atoms with van der Waals surface area (Å²) in [6, 6.07) is 9.61. The SMILES string of the molecule is CC(C)NC(=O)CSc1nc2scc(C3CC3)c2c(=O)n1-c1ccccc1. The molecule has 0 bridgehead atoms. The monoisotopic (exact) mass is 399 g/mol. The van der Waals surface area contributed by atoms with Crippen LogP contribution < -0.4 is 10.9 Å². The predicted octanol–water partition coefficient (Wildman–Crippen LogP) is 3.94. The number of amides is 1. The minimum atomic E-state index is -0.0613. The second kappa shape index (κ2) is 7.48. The second-order valence-corrected chi connectivity index (χ2v) is 8.83. The number of carbonyl (C=O) groups excluding carboxylic acids is 1. The summed E-state index contributed by atoms with van der Waals surface area (Å²) in [5.41, 5.74) is 1.86. The molecule has 1 aliphatic carbocycles. The Labute approximate surface area is 165 Å². The van der Waals surface area contributed by atoms with Crippen molar-refractivity contribution in [3.05, 3.63) is 51.6 Å². The summed E-state index contributed by atoms with van der Waals surface area (Å²) in [7, 11) is 0. The first-order valence-electron chi connectivity index (χ1n) is 9.06. The molecule has 3 aromatic rings. The molecule has 1 amide bonds. The third kappa shape index (κ3) is 3.80. The molecule has 2 aromatic heterocycles. The van der Waals surface area contributed by atoms with Crippen molar-refractivity contribution in [3.8, 4) is 5.69 Å². The standard InChI is InChI=1S/C20H21N3O2S2/c1-12(2)21-16(24)11-27-20-22-18-17(15(10-26-18)13-8-9-13)19(25)23(20)14-6-4-3-5-7-14/h3-7,10,12-13H,8-9,11H2,1-2H3,(H,21,24). The van der Waals surface area contributed by atoms with Gasteiger partial charge in [0.15, 0.2) is 5.16 Å². The summed E-state index contributed by atoms with van der Waals surface area (Å²) >= 11 is 2.82. The van der Waals surface area contributed by atoms with Crippen LogP contribution in [0.2, 0.25) is 0 Å². The number of thioether (sulfide) groups is 1. The topological polar surface area (TPSA) is 64.0 Å². The summed E-state index contributed by atoms with van der Waals surface area (Å²) < 4.78 is 1.65. The quantitative estimate of drug-likeness (QED) is 0.504. The number of nitrogens with one attached hydrogen (secondary N) is 1. The van der Waals surface area contributed by atoms with Crippen LogP contribution in [0.15, 0.2) is 45.7 Å². The molecule has 27 heavy (non-hydrogen) atoms. The molecule has 1 aliphatic rings. The highest BCUT2D eigenvalue weighted by Crippen LogP contribution is 2.44. The van der Waals surface area contributed by atoms with Gasteiger partial charge in [-0.05, 0) is 55.7 Å². The number of fused-ring (bicyclic) bond motifs is 1. The van der Waals surface area contributed by atoms with Crippen LogP contribution in [-0.4, -0.2) is 27.3 Å². The van der Waals surface area contributed by atoms with E-state index in [-0.39, 0.29) is 23.3 Å². The van der Waals surface area contributed by atoms with E-state index < -0.39 is 0 Å². The number of nitrogens with zero attached hydrogens (tertiary/aromatic N) is 2. The van der Waals surface area contributed by atoms with Crippen molar-refractivity contribution in [2.45, 2.75) is 43.8 Å². The van der Waals surface area contributed by atoms with Crippen molar-refractivity contribution in [2.75, 3.05) is 5.75 Å². The lowest BCUT2D eigenvalue weighted by molar-refractivity contribution is -0.119. The third-order valence-corrected chi connectivity index (χ3v) is 6.25. The molecule has 0 saturated heterocycles. The van der Waals surface area contributed by atoms with Gasteiger partial charge in [-0.3, -0.25) is 14.2 Å². The lowest BCUT2D eigenvalue weighted by Gasteiger charge is -2.13. The summed E-state index contributed by atoms with van der Waals surface area (Å²) in [6.45, 7) is 3.86. The van der Waals surface area contributed by atoms with Crippen LogP contribution in [0.4, 0.5) is 0 Å². The van der Waals surface area contributed by atoms with E-state index in [2.05, 4.69) is 10.7 Å². The fourth-order valence-corrected chi connectivity index (χ4v) is 4.97. The van der Waals surface area contributed by atoms with E-state index in [0.717, 1.165) is 34.3 Å². The first-order chi connectivity index (χ1) is 13.0. The van der Waals surface area contributed by atoms with E-state index in [1.54, 1.807) is 4.57 Å². The molecule has 140 valence electrons. The van der Waals surface area contributed by atoms with Gasteiger partial charge in [0, 0.05) is 6.04 Å². The summed E-state index contributed by atoms with van der Waals surface area (Å²) in [5, 5.41) is 6.25. The maximum absolute atomic E-state index is 13.4. The lowest BCUT2D eigenvalue weighted by Crippen LogP contribution is -2.32. The van der Waals surface area contributed by atoms with Gasteiger partial charge in [0.1, 0.15) is 4.83 Å². The van der Waals surface area contributed by atoms with Gasteiger partial charge in [-0.1, -0.05) is 30.0 Å². The highest BCUT2D eigenvalue weighted by molar-refractivity contribution is 7.99. The molecular weight excluding hydrogens is 378 g/mol. The Kier molecular flexibility index (Phi) is 5.06. The number of para-hydroxylation sites is 1. The smallest absolute Gasteiger partial charge is 0.267 e. The van der Waals surface area contributed by atoms with Crippen LogP contribution in [0.3, 0.4) is 0 Å². The Hall–Kier alpha value is -2.12. The Bertz CT molecular complexity index is 1040. The minimum absolute atomic E-state index is 0.0406. The Morgan fingerprint density at radius 3 is 2.74 bits per heavy atom. The van der Waals surface area contributed by atoms with Crippen molar-refractivity contribution in [1.29, 1.82) is 0 Å². The van der Waals surface area contributed by atoms with Crippen LogP contribution in [0, 0.1) is 0 Å². The molecule has 0 spiro atoms. The minimum Gasteiger partial charge on any atom is -0.353 e. The van der Waals surface area contributed by atoms with Gasteiger partial charge in [-0.2, -0.15) is 0 Å². The zero-order chi connectivity index (χ0) is 19.0. The van der Waals surface area contributed by atoms with Gasteiger partial charge in [0.05, 0.1) is 16.8 Å². The van der Waals surface area contributed by atoms with Gasteiger partial charge in [0.2, 0.25) is 5.91 Å². The number of benzene rings is 1. The Balaban J connectivity index is 1.79. The highest BCUT2D eigenvalue weighted by atomic mass is 32.2. The van der Waals surface area contributed by atoms with Gasteiger partial charge in [-0.25, -0.2) is 4.98 Å². The van der Waals surface area contributed by atoms with Gasteiger partial charge in [-0.15, -0.1) is 11.3 Å². The first-order valence-corrected chi connectivity index (χ1v) is 10.9. The van der Waals surface area contributed by atoms with Crippen molar-refractivity contribution in [1.82, 2.24) is 14.9 Å². The zero-order valence-corrected chi connectivity index (χ0v) is 16.9. The summed E-state index contributed by atoms with van der Waals surface area (Å²) in [6.07, 6.45) is 2.28. The van der Waals surface area contributed by atoms with E-state index in [0.29, 0.717) is 11.1 Å². The van der Waals surface area contributed by atoms with Gasteiger partial charge < -0.3 is 5.32 Å². The van der Waals surface area contributed by atoms with E-state index >= 15 is 0 Å². The highest BCUT2D eigenvalue weighted by Gasteiger charge is 2.29. The van der Waals surface area contributed by atoms with Crippen LogP contribution in [0.5, 0.6) is 0 Å². The molecule has 0 radical (unpaired) electrons. The van der Waals surface area contributed by atoms with Crippen LogP contribution in [0.1, 0.15) is 38.2 Å². The molecule has 0 unspecified atom stereocenters. The van der Waals surface area contributed by atoms with E-state index in [1.807, 2.05) is 44.2 Å². The predicted molar refractivity (Wildman–Crippen MR) is 111 cm³/mol. The van der Waals surface area contributed by atoms with E-state index in [9.17, 15) is 9.59 Å². The number of thiophene rings is 1. The molecule has 2 heterocycles. The number of carbonyl (C=O) groups is 1. The van der Waals surface area contributed by atoms with E-state index in [4.69, 9.17) is 4.98 Å². The normalized spacial score (nSPS) is 14.0. The Morgan fingerprint density at radius 2 is 2.07 bits per heavy atom. The van der Waals surface area contributed by atoms with Crippen molar-refractivity contribution in [2.24, 2.45) is 0 Å². The lowest BCUT2D eigenvalue weighted by atomic mass is 10.1. The summed E-state index contributed by atoms with van der Waals surface area (Å²) in [4.78, 5) is 31.0. The van der Waals surface area contributed by atoms with Crippen molar-refractivity contribution in [3.63, 3.8) is 0 Å². The Morgan fingerprint density at radius 1 is 1.33 bits per heavy atom. The molecular formula is C20H21N3O2S2. The maximum atomic E-state index is 13.4. The summed E-state index contributed by atoms with van der Waals surface area (Å²) in [5.74, 6) is 0.658. The van der Waals surface area contributed by atoms with Gasteiger partial charge >= 0.3 is 0 Å². The van der Waals surface area contributed by atoms with Gasteiger partial charge in [0.25, 0.3) is 5.56 Å². The number of hydrogen-bond donors (Lipinski definition) is 1. The zero-order valence-electron chi connectivity index (χ0n) is 15.3. The molecule has 4 rings (SSSR count). The first kappa shape index (κ1) is 18.3. The van der Waals surface area contributed by atoms with Crippen molar-refractivity contribution < 1.29 is 4.79 Å². The average Bonchev–Trinajstić information content (AvgIpc) is 3.39. The molecule has 5 nitrogen and oxygen atoms in total. The van der Waals surface area contributed by atoms with Crippen LogP contribution >= 0.6 is 23.1 Å². The molecule has 1 aromatic carbocycles. The molecule has 1 N–H and O–H groups in total. The second-order valence-electron chi connectivity index (χ2n) is 7.03. The number of rotatable bonds is 6. The maximum Gasteiger partial charge on any atom is 0.267 e. The fraction of sp³-hybridized carbons (Fsp3) is 0.350. The molecule has 1 saturated carbocycles. The van der Waals surface area contributed by atoms with E-state index in [1.165, 1.54) is 23.1 Å². The third-order valence-electron chi connectivity index (χ3n) is 4.42. The number of aromatic nitrogens is 2. The molecule has 0 atom stereocenters. The number of hydrogen-bond acceptors (Lipinski definition) is 5. The fourth-order valence-electron chi connectivity index (χ4n) is 3.08. The average molecular weight is 400 g/mol. The molecule has 7 heteroatoms. The van der Waals surface area contributed by atoms with Crippen molar-refractivity contribution >= 4 is 39.2 Å². The largest absolute Gasteiger partial charge is 0.353 e. The van der Waals surface area contributed by atoms with Crippen LogP contribution in [0.25, 0.3) is 15.9 Å². The molecule has 1 fully saturated rings.